The zero-order chi connectivity index (χ0) is 23.7. The molecule has 0 spiro atoms. The van der Waals surface area contributed by atoms with Gasteiger partial charge in [0.1, 0.15) is 13.2 Å². The van der Waals surface area contributed by atoms with Gasteiger partial charge in [-0.2, -0.15) is 0 Å². The van der Waals surface area contributed by atoms with E-state index in [1.807, 2.05) is 18.2 Å². The molecule has 4 aliphatic rings. The molecule has 34 heavy (non-hydrogen) atoms. The molecular weight excluding hydrogens is 500 g/mol. The van der Waals surface area contributed by atoms with Crippen molar-refractivity contribution in [1.29, 1.82) is 0 Å². The van der Waals surface area contributed by atoms with Crippen LogP contribution in [0.25, 0.3) is 0 Å². The number of hydrogen-bond donors (Lipinski definition) is 1. The fourth-order valence-electron chi connectivity index (χ4n) is 5.33. The van der Waals surface area contributed by atoms with E-state index in [0.29, 0.717) is 30.9 Å². The molecule has 2 unspecified atom stereocenters. The quantitative estimate of drug-likeness (QED) is 0.566. The lowest BCUT2D eigenvalue weighted by Gasteiger charge is -2.37. The topological polar surface area (TPSA) is 79.3 Å². The lowest BCUT2D eigenvalue weighted by molar-refractivity contribution is -0.135. The number of fused-ring (bicyclic) bond motifs is 2. The Balaban J connectivity index is 1.11. The summed E-state index contributed by atoms with van der Waals surface area (Å²) in [6.45, 7) is 6.09. The van der Waals surface area contributed by atoms with Gasteiger partial charge in [-0.15, -0.1) is 0 Å². The number of aliphatic hydroxyl groups is 1. The molecule has 2 atom stereocenters. The van der Waals surface area contributed by atoms with Gasteiger partial charge in [0.2, 0.25) is 0 Å². The smallest absolute Gasteiger partial charge is 0.338 e. The van der Waals surface area contributed by atoms with Crippen molar-refractivity contribution in [3.63, 3.8) is 0 Å². The molecule has 1 aromatic carbocycles. The van der Waals surface area contributed by atoms with Gasteiger partial charge in [-0.3, -0.25) is 4.90 Å². The second-order valence-corrected chi connectivity index (χ2v) is 10.4. The Morgan fingerprint density at radius 3 is 2.65 bits per heavy atom. The minimum Gasteiger partial charge on any atom is -0.457 e. The van der Waals surface area contributed by atoms with Crippen molar-refractivity contribution in [2.75, 3.05) is 45.9 Å². The van der Waals surface area contributed by atoms with Crippen molar-refractivity contribution in [3.05, 3.63) is 56.6 Å². The van der Waals surface area contributed by atoms with Crippen molar-refractivity contribution < 1.29 is 24.2 Å². The molecule has 0 amide bonds. The van der Waals surface area contributed by atoms with Gasteiger partial charge in [0, 0.05) is 60.8 Å². The number of ether oxygens (including phenoxy) is 2. The van der Waals surface area contributed by atoms with Crippen molar-refractivity contribution in [2.24, 2.45) is 5.92 Å². The molecule has 5 rings (SSSR count). The van der Waals surface area contributed by atoms with Crippen LogP contribution in [0.4, 0.5) is 0 Å². The fraction of sp³-hybridized carbons (Fsp3) is 0.538. The van der Waals surface area contributed by atoms with Crippen LogP contribution in [-0.2, 0) is 27.3 Å². The standard InChI is InChI=1S/C26H31BrN2O5/c27-24-21(4-2-1-3-20-22(24)16-34-26(20)32)23(30)14-29-11-9-28(10-12-29)8-7-17-5-6-19-18(13-17)15-33-25(19)31/h3,5-6,13,21,23,30H,1-2,4,7-12,14-16H2/b20-3+,24-22+. The van der Waals surface area contributed by atoms with Gasteiger partial charge in [0.05, 0.1) is 17.2 Å². The van der Waals surface area contributed by atoms with E-state index in [0.717, 1.165) is 74.0 Å². The number of cyclic esters (lactones) is 2. The Morgan fingerprint density at radius 1 is 1.06 bits per heavy atom. The van der Waals surface area contributed by atoms with Crippen LogP contribution in [0.2, 0.25) is 0 Å². The Labute approximate surface area is 208 Å². The first-order chi connectivity index (χ1) is 16.5. The number of piperazine rings is 1. The molecular formula is C26H31BrN2O5. The molecule has 1 aromatic rings. The molecule has 0 aromatic heterocycles. The number of carbonyl (C=O) groups is 2. The third-order valence-electron chi connectivity index (χ3n) is 7.41. The van der Waals surface area contributed by atoms with E-state index in [1.54, 1.807) is 0 Å². The average molecular weight is 531 g/mol. The Morgan fingerprint density at radius 2 is 1.82 bits per heavy atom. The summed E-state index contributed by atoms with van der Waals surface area (Å²) in [5.74, 6) is -0.480. The number of rotatable bonds is 6. The molecule has 0 saturated carbocycles. The predicted octanol–water partition coefficient (Wildman–Crippen LogP) is 2.81. The van der Waals surface area contributed by atoms with Crippen LogP contribution in [0.1, 0.15) is 40.7 Å². The van der Waals surface area contributed by atoms with E-state index in [1.165, 1.54) is 5.56 Å². The molecule has 3 aliphatic heterocycles. The average Bonchev–Trinajstić information content (AvgIpc) is 3.38. The Hall–Kier alpha value is -2.00. The van der Waals surface area contributed by atoms with Gasteiger partial charge in [-0.25, -0.2) is 9.59 Å². The molecule has 182 valence electrons. The molecule has 3 heterocycles. The largest absolute Gasteiger partial charge is 0.457 e. The molecule has 2 saturated heterocycles. The summed E-state index contributed by atoms with van der Waals surface area (Å²) in [4.78, 5) is 28.4. The van der Waals surface area contributed by atoms with E-state index in [-0.39, 0.29) is 17.9 Å². The van der Waals surface area contributed by atoms with Crippen LogP contribution in [0.5, 0.6) is 0 Å². The number of nitrogens with zero attached hydrogens (tertiary/aromatic N) is 2. The maximum atomic E-state index is 12.0. The lowest BCUT2D eigenvalue weighted by atomic mass is 9.89. The third-order valence-corrected chi connectivity index (χ3v) is 8.48. The second-order valence-electron chi connectivity index (χ2n) is 9.59. The van der Waals surface area contributed by atoms with Crippen molar-refractivity contribution >= 4 is 27.9 Å². The normalized spacial score (nSPS) is 28.3. The van der Waals surface area contributed by atoms with Gasteiger partial charge < -0.3 is 19.5 Å². The van der Waals surface area contributed by atoms with Gasteiger partial charge in [-0.05, 0) is 37.3 Å². The molecule has 7 nitrogen and oxygen atoms in total. The first-order valence-corrected chi connectivity index (χ1v) is 13.0. The Kier molecular flexibility index (Phi) is 7.20. The van der Waals surface area contributed by atoms with Crippen LogP contribution in [-0.4, -0.2) is 78.8 Å². The number of carbonyl (C=O) groups excluding carboxylic acids is 2. The summed E-state index contributed by atoms with van der Waals surface area (Å²) in [6, 6.07) is 6.01. The van der Waals surface area contributed by atoms with Gasteiger partial charge >= 0.3 is 11.9 Å². The van der Waals surface area contributed by atoms with Crippen molar-refractivity contribution in [2.45, 2.75) is 38.4 Å². The molecule has 0 radical (unpaired) electrons. The van der Waals surface area contributed by atoms with E-state index in [4.69, 9.17) is 9.47 Å². The summed E-state index contributed by atoms with van der Waals surface area (Å²) in [7, 11) is 0. The van der Waals surface area contributed by atoms with Crippen LogP contribution < -0.4 is 0 Å². The molecule has 2 fully saturated rings. The van der Waals surface area contributed by atoms with E-state index < -0.39 is 6.10 Å². The lowest BCUT2D eigenvalue weighted by Crippen LogP contribution is -2.49. The predicted molar refractivity (Wildman–Crippen MR) is 130 cm³/mol. The van der Waals surface area contributed by atoms with Gasteiger partial charge in [0.25, 0.3) is 0 Å². The summed E-state index contributed by atoms with van der Waals surface area (Å²) < 4.78 is 11.3. The highest BCUT2D eigenvalue weighted by atomic mass is 79.9. The van der Waals surface area contributed by atoms with Crippen LogP contribution in [0.3, 0.4) is 0 Å². The van der Waals surface area contributed by atoms with Gasteiger partial charge in [0.15, 0.2) is 0 Å². The summed E-state index contributed by atoms with van der Waals surface area (Å²) in [5.41, 5.74) is 4.50. The third kappa shape index (κ3) is 5.00. The number of allylic oxidation sites excluding steroid dienone is 1. The van der Waals surface area contributed by atoms with E-state index >= 15 is 0 Å². The summed E-state index contributed by atoms with van der Waals surface area (Å²) in [5, 5.41) is 11.1. The zero-order valence-corrected chi connectivity index (χ0v) is 20.9. The van der Waals surface area contributed by atoms with Crippen molar-refractivity contribution in [1.82, 2.24) is 9.80 Å². The number of aliphatic hydroxyl groups excluding tert-OH is 1. The summed E-state index contributed by atoms with van der Waals surface area (Å²) >= 11 is 3.71. The first-order valence-electron chi connectivity index (χ1n) is 12.2. The highest BCUT2D eigenvalue weighted by Crippen LogP contribution is 2.37. The SMILES string of the molecule is O=C1OC/C2=C(\Br)C(C(O)CN3CCN(CCc4ccc5c(c4)COC5=O)CC3)CCC/C=C/12. The first kappa shape index (κ1) is 23.7. The minimum absolute atomic E-state index is 0.0121. The second kappa shape index (κ2) is 10.3. The van der Waals surface area contributed by atoms with Crippen LogP contribution >= 0.6 is 15.9 Å². The maximum Gasteiger partial charge on any atom is 0.338 e. The molecule has 1 aliphatic carbocycles. The molecule has 0 bridgehead atoms. The number of esters is 2. The monoisotopic (exact) mass is 530 g/mol. The van der Waals surface area contributed by atoms with Gasteiger partial charge in [-0.1, -0.05) is 34.1 Å². The minimum atomic E-state index is -0.486. The molecule has 1 N–H and O–H groups in total. The Bertz CT molecular complexity index is 1030. The number of benzene rings is 1. The highest BCUT2D eigenvalue weighted by Gasteiger charge is 2.34. The number of halogens is 1. The van der Waals surface area contributed by atoms with Crippen LogP contribution in [0, 0.1) is 5.92 Å². The molecule has 8 heteroatoms. The van der Waals surface area contributed by atoms with E-state index in [9.17, 15) is 14.7 Å². The highest BCUT2D eigenvalue weighted by molar-refractivity contribution is 9.11. The fourth-order valence-corrected chi connectivity index (χ4v) is 6.20. The number of hydrogen-bond acceptors (Lipinski definition) is 7. The zero-order valence-electron chi connectivity index (χ0n) is 19.3. The van der Waals surface area contributed by atoms with E-state index in [2.05, 4.69) is 31.8 Å². The number of β-amino-alcohol motifs (C(OH)–C–C–N with tert-alkyl or cyclic N) is 1. The van der Waals surface area contributed by atoms with Crippen LogP contribution in [0.15, 0.2) is 39.9 Å². The summed E-state index contributed by atoms with van der Waals surface area (Å²) in [6.07, 6.45) is 5.11. The van der Waals surface area contributed by atoms with Crippen molar-refractivity contribution in [3.8, 4) is 0 Å². The maximum absolute atomic E-state index is 12.0.